The van der Waals surface area contributed by atoms with Crippen LogP contribution in [0.25, 0.3) is 22.6 Å². The van der Waals surface area contributed by atoms with Crippen LogP contribution in [0.4, 0.5) is 11.4 Å². The number of nitrogens with two attached hydrogens (primary N) is 1. The molecule has 0 unspecified atom stereocenters. The first-order valence-electron chi connectivity index (χ1n) is 13.7. The van der Waals surface area contributed by atoms with Crippen molar-refractivity contribution in [2.45, 2.75) is 32.0 Å². The Kier molecular flexibility index (Phi) is 8.77. The van der Waals surface area contributed by atoms with Gasteiger partial charge >= 0.3 is 0 Å². The summed E-state index contributed by atoms with van der Waals surface area (Å²) in [7, 11) is 1.61. The zero-order chi connectivity index (χ0) is 29.6. The van der Waals surface area contributed by atoms with E-state index in [-0.39, 0.29) is 12.2 Å². The minimum absolute atomic E-state index is 0.226. The van der Waals surface area contributed by atoms with Crippen LogP contribution >= 0.6 is 0 Å². The summed E-state index contributed by atoms with van der Waals surface area (Å²) in [6.45, 7) is 2.22. The van der Waals surface area contributed by atoms with Crippen molar-refractivity contribution in [3.05, 3.63) is 101 Å². The first-order chi connectivity index (χ1) is 20.4. The Balaban J connectivity index is 1.46. The summed E-state index contributed by atoms with van der Waals surface area (Å²) in [5.74, 6) is 0.697. The SMILES string of the molecule is CCc1c(CN[C@H](CO)[C@@H](O)c2ccccc2)cccc1Nc1c(C(N)=O)cnc2nc(-c3ccc(OC)cc3)[nH]c12. The molecule has 0 aliphatic rings. The van der Waals surface area contributed by atoms with Crippen LogP contribution < -0.4 is 21.1 Å². The molecule has 0 bridgehead atoms. The van der Waals surface area contributed by atoms with Crippen LogP contribution in [0.1, 0.15) is 40.1 Å². The average Bonchev–Trinajstić information content (AvgIpc) is 3.47. The summed E-state index contributed by atoms with van der Waals surface area (Å²) in [5.41, 5.74) is 11.8. The number of hydrogen-bond donors (Lipinski definition) is 6. The van der Waals surface area contributed by atoms with Gasteiger partial charge in [-0.25, -0.2) is 9.97 Å². The molecule has 2 heterocycles. The summed E-state index contributed by atoms with van der Waals surface area (Å²) in [6.07, 6.45) is 1.25. The van der Waals surface area contributed by atoms with Gasteiger partial charge in [-0.3, -0.25) is 4.79 Å². The molecule has 0 aliphatic heterocycles. The van der Waals surface area contributed by atoms with Crippen molar-refractivity contribution in [1.82, 2.24) is 20.3 Å². The minimum Gasteiger partial charge on any atom is -0.497 e. The van der Waals surface area contributed by atoms with E-state index in [9.17, 15) is 15.0 Å². The smallest absolute Gasteiger partial charge is 0.252 e. The van der Waals surface area contributed by atoms with Crippen molar-refractivity contribution in [3.63, 3.8) is 0 Å². The lowest BCUT2D eigenvalue weighted by atomic mass is 10.00. The number of anilines is 2. The van der Waals surface area contributed by atoms with E-state index in [1.165, 1.54) is 6.20 Å². The van der Waals surface area contributed by atoms with E-state index in [2.05, 4.69) is 25.6 Å². The first-order valence-corrected chi connectivity index (χ1v) is 13.7. The predicted molar refractivity (Wildman–Crippen MR) is 163 cm³/mol. The van der Waals surface area contributed by atoms with E-state index >= 15 is 0 Å². The first kappa shape index (κ1) is 28.7. The summed E-state index contributed by atoms with van der Waals surface area (Å²) in [6, 6.07) is 22.0. The highest BCUT2D eigenvalue weighted by Crippen LogP contribution is 2.33. The van der Waals surface area contributed by atoms with E-state index in [4.69, 9.17) is 10.5 Å². The second-order valence-electron chi connectivity index (χ2n) is 9.87. The molecule has 3 aromatic carbocycles. The third kappa shape index (κ3) is 5.96. The number of nitrogens with one attached hydrogen (secondary N) is 3. The Morgan fingerprint density at radius 2 is 1.83 bits per heavy atom. The van der Waals surface area contributed by atoms with Crippen LogP contribution in [0, 0.1) is 0 Å². The van der Waals surface area contributed by atoms with E-state index in [0.717, 1.165) is 33.7 Å². The molecule has 0 spiro atoms. The van der Waals surface area contributed by atoms with Gasteiger partial charge in [-0.1, -0.05) is 49.4 Å². The molecule has 42 heavy (non-hydrogen) atoms. The lowest BCUT2D eigenvalue weighted by molar-refractivity contribution is 0.0891. The Morgan fingerprint density at radius 1 is 1.07 bits per heavy atom. The molecule has 0 aliphatic carbocycles. The Labute approximate surface area is 243 Å². The van der Waals surface area contributed by atoms with E-state index in [1.807, 2.05) is 79.7 Å². The Bertz CT molecular complexity index is 1670. The fourth-order valence-electron chi connectivity index (χ4n) is 5.03. The molecule has 5 rings (SSSR count). The molecular weight excluding hydrogens is 532 g/mol. The van der Waals surface area contributed by atoms with Crippen molar-refractivity contribution in [2.75, 3.05) is 19.0 Å². The molecule has 216 valence electrons. The zero-order valence-corrected chi connectivity index (χ0v) is 23.5. The van der Waals surface area contributed by atoms with Crippen molar-refractivity contribution in [1.29, 1.82) is 0 Å². The number of benzene rings is 3. The number of carbonyl (C=O) groups excluding carboxylic acids is 1. The number of nitrogens with zero attached hydrogens (tertiary/aromatic N) is 2. The number of ether oxygens (including phenoxy) is 1. The molecule has 10 nitrogen and oxygen atoms in total. The van der Waals surface area contributed by atoms with Crippen LogP contribution in [-0.4, -0.2) is 50.8 Å². The number of aliphatic hydroxyl groups is 2. The van der Waals surface area contributed by atoms with Crippen molar-refractivity contribution in [2.24, 2.45) is 5.73 Å². The largest absolute Gasteiger partial charge is 0.497 e. The van der Waals surface area contributed by atoms with Gasteiger partial charge in [0, 0.05) is 24.0 Å². The number of primary amides is 1. The average molecular weight is 567 g/mol. The fraction of sp³-hybridized carbons (Fsp3) is 0.219. The van der Waals surface area contributed by atoms with Crippen LogP contribution in [0.2, 0.25) is 0 Å². The molecule has 0 radical (unpaired) electrons. The number of aromatic amines is 1. The predicted octanol–water partition coefficient (Wildman–Crippen LogP) is 4.22. The van der Waals surface area contributed by atoms with Gasteiger partial charge in [-0.2, -0.15) is 0 Å². The number of H-pyrrole nitrogens is 1. The lowest BCUT2D eigenvalue weighted by Crippen LogP contribution is -2.37. The molecular formula is C32H34N6O4. The molecule has 10 heteroatoms. The monoisotopic (exact) mass is 566 g/mol. The van der Waals surface area contributed by atoms with Crippen LogP contribution in [0.15, 0.2) is 79.0 Å². The van der Waals surface area contributed by atoms with Crippen molar-refractivity contribution >= 4 is 28.4 Å². The van der Waals surface area contributed by atoms with E-state index in [0.29, 0.717) is 35.6 Å². The van der Waals surface area contributed by atoms with Gasteiger partial charge in [0.1, 0.15) is 17.1 Å². The highest BCUT2D eigenvalue weighted by Gasteiger charge is 2.22. The molecule has 0 fully saturated rings. The summed E-state index contributed by atoms with van der Waals surface area (Å²) in [4.78, 5) is 24.8. The van der Waals surface area contributed by atoms with Crippen LogP contribution in [0.3, 0.4) is 0 Å². The molecule has 0 saturated heterocycles. The maximum absolute atomic E-state index is 12.5. The molecule has 5 aromatic rings. The van der Waals surface area contributed by atoms with Crippen molar-refractivity contribution < 1.29 is 19.7 Å². The quantitative estimate of drug-likeness (QED) is 0.131. The van der Waals surface area contributed by atoms with Crippen LogP contribution in [-0.2, 0) is 13.0 Å². The van der Waals surface area contributed by atoms with Gasteiger partial charge in [0.15, 0.2) is 5.65 Å². The number of amides is 1. The number of carbonyl (C=O) groups is 1. The second kappa shape index (κ2) is 12.8. The third-order valence-corrected chi connectivity index (χ3v) is 7.31. The fourth-order valence-corrected chi connectivity index (χ4v) is 5.03. The van der Waals surface area contributed by atoms with E-state index < -0.39 is 18.1 Å². The summed E-state index contributed by atoms with van der Waals surface area (Å²) >= 11 is 0. The highest BCUT2D eigenvalue weighted by molar-refractivity contribution is 6.06. The maximum atomic E-state index is 12.5. The number of fused-ring (bicyclic) bond motifs is 1. The minimum atomic E-state index is -0.869. The van der Waals surface area contributed by atoms with Gasteiger partial charge in [-0.15, -0.1) is 0 Å². The number of methoxy groups -OCH3 is 1. The zero-order valence-electron chi connectivity index (χ0n) is 23.5. The number of aromatic nitrogens is 3. The molecule has 0 saturated carbocycles. The lowest BCUT2D eigenvalue weighted by Gasteiger charge is -2.24. The molecule has 1 amide bonds. The van der Waals surface area contributed by atoms with Gasteiger partial charge < -0.3 is 36.3 Å². The second-order valence-corrected chi connectivity index (χ2v) is 9.87. The number of hydrogen-bond acceptors (Lipinski definition) is 8. The van der Waals surface area contributed by atoms with Gasteiger partial charge in [0.05, 0.1) is 37.1 Å². The third-order valence-electron chi connectivity index (χ3n) is 7.31. The summed E-state index contributed by atoms with van der Waals surface area (Å²) in [5, 5.41) is 27.6. The molecule has 2 atom stereocenters. The van der Waals surface area contributed by atoms with E-state index in [1.54, 1.807) is 7.11 Å². The van der Waals surface area contributed by atoms with Gasteiger partial charge in [0.2, 0.25) is 0 Å². The Morgan fingerprint density at radius 3 is 2.50 bits per heavy atom. The number of pyridine rings is 1. The number of imidazole rings is 1. The van der Waals surface area contributed by atoms with Gasteiger partial charge in [0.25, 0.3) is 5.91 Å². The normalized spacial score (nSPS) is 12.7. The van der Waals surface area contributed by atoms with Gasteiger partial charge in [-0.05, 0) is 53.4 Å². The maximum Gasteiger partial charge on any atom is 0.252 e. The number of rotatable bonds is 12. The standard InChI is InChI=1S/C32H34N6O4/c1-3-23-21(16-34-26(18-39)29(40)19-8-5-4-6-9-19)10-7-11-25(23)36-27-24(30(33)41)17-35-32-28(27)37-31(38-32)20-12-14-22(42-2)15-13-20/h4-15,17,26,29,34,39-40H,3,16,18H2,1-2H3,(H2,33,41)(H2,35,36,37,38)/t26-,29+/m1/s1. The molecule has 2 aromatic heterocycles. The molecule has 7 N–H and O–H groups in total. The van der Waals surface area contributed by atoms with Crippen molar-refractivity contribution in [3.8, 4) is 17.1 Å². The highest BCUT2D eigenvalue weighted by atomic mass is 16.5. The summed E-state index contributed by atoms with van der Waals surface area (Å²) < 4.78 is 5.26. The topological polar surface area (TPSA) is 158 Å². The Hall–Kier alpha value is -4.77. The van der Waals surface area contributed by atoms with Crippen LogP contribution in [0.5, 0.6) is 5.75 Å². The number of aliphatic hydroxyl groups excluding tert-OH is 2.